The Morgan fingerprint density at radius 3 is 2.42 bits per heavy atom. The van der Waals surface area contributed by atoms with E-state index in [9.17, 15) is 21.6 Å². The summed E-state index contributed by atoms with van der Waals surface area (Å²) in [5.41, 5.74) is -0.418. The van der Waals surface area contributed by atoms with E-state index in [1.165, 1.54) is 0 Å². The number of nitrogens with zero attached hydrogens (tertiary/aromatic N) is 3. The smallest absolute Gasteiger partial charge is 0.283 e. The highest BCUT2D eigenvalue weighted by atomic mass is 35.5. The van der Waals surface area contributed by atoms with Gasteiger partial charge in [0.1, 0.15) is 6.17 Å². The molecule has 1 unspecified atom stereocenters. The van der Waals surface area contributed by atoms with Crippen LogP contribution in [0, 0.1) is 5.41 Å². The lowest BCUT2D eigenvalue weighted by Gasteiger charge is -2.15. The third-order valence-corrected chi connectivity index (χ3v) is 8.15. The molecule has 2 aromatic carbocycles. The zero-order valence-electron chi connectivity index (χ0n) is 16.5. The fourth-order valence-corrected chi connectivity index (χ4v) is 5.76. The summed E-state index contributed by atoms with van der Waals surface area (Å²) < 4.78 is 69.1. The molecule has 164 valence electrons. The van der Waals surface area contributed by atoms with Crippen LogP contribution >= 0.6 is 11.6 Å². The van der Waals surface area contributed by atoms with Crippen molar-refractivity contribution in [3.05, 3.63) is 53.1 Å². The molecular formula is C21H19ClF3N3O2S. The average molecular weight is 470 g/mol. The van der Waals surface area contributed by atoms with Gasteiger partial charge in [-0.05, 0) is 37.1 Å². The highest BCUT2D eigenvalue weighted by Gasteiger charge is 2.56. The lowest BCUT2D eigenvalue weighted by atomic mass is 10.1. The summed E-state index contributed by atoms with van der Waals surface area (Å²) >= 11 is 6.39. The van der Waals surface area contributed by atoms with Crippen molar-refractivity contribution < 1.29 is 21.6 Å². The molecule has 31 heavy (non-hydrogen) atoms. The fraction of sp³-hybridized carbons (Fsp3) is 0.381. The van der Waals surface area contributed by atoms with Gasteiger partial charge in [0.05, 0.1) is 27.4 Å². The topological polar surface area (TPSA) is 55.2 Å². The molecule has 1 spiro atoms. The van der Waals surface area contributed by atoms with E-state index in [2.05, 4.69) is 5.10 Å². The normalized spacial score (nSPS) is 20.7. The lowest BCUT2D eigenvalue weighted by molar-refractivity contribution is 0.0174. The minimum atomic E-state index is -4.20. The first-order chi connectivity index (χ1) is 14.5. The molecule has 2 fully saturated rings. The SMILES string of the molecule is CC(F)(F)c1ccc(S(=O)(=O)n2nc(N3CC(F)C4(CC4)C3)c3c(Cl)cccc32)cc1. The molecule has 3 aromatic rings. The summed E-state index contributed by atoms with van der Waals surface area (Å²) in [6.07, 6.45) is 0.586. The van der Waals surface area contributed by atoms with Gasteiger partial charge in [-0.3, -0.25) is 0 Å². The van der Waals surface area contributed by atoms with Crippen molar-refractivity contribution in [2.75, 3.05) is 18.0 Å². The fourth-order valence-electron chi connectivity index (χ4n) is 4.23. The van der Waals surface area contributed by atoms with E-state index in [1.807, 2.05) is 0 Å². The molecule has 1 saturated carbocycles. The van der Waals surface area contributed by atoms with Crippen LogP contribution in [0.1, 0.15) is 25.3 Å². The average Bonchev–Trinajstić information content (AvgIpc) is 3.26. The monoisotopic (exact) mass is 469 g/mol. The highest BCUT2D eigenvalue weighted by Crippen LogP contribution is 2.55. The molecule has 5 rings (SSSR count). The van der Waals surface area contributed by atoms with Crippen LogP contribution < -0.4 is 4.90 Å². The van der Waals surface area contributed by atoms with E-state index in [-0.39, 0.29) is 27.9 Å². The number of anilines is 1. The van der Waals surface area contributed by atoms with Crippen LogP contribution in [0.3, 0.4) is 0 Å². The standard InChI is InChI=1S/C21H19ClF3N3O2S/c1-20(24,25)13-5-7-14(8-6-13)31(29,30)28-16-4-2-3-15(22)18(16)19(26-28)27-11-17(23)21(12-27)9-10-21/h2-8,17H,9-12H2,1H3. The Labute approximate surface area is 182 Å². The molecule has 1 atom stereocenters. The zero-order chi connectivity index (χ0) is 22.2. The van der Waals surface area contributed by atoms with Crippen LogP contribution in [-0.2, 0) is 15.9 Å². The van der Waals surface area contributed by atoms with Crippen molar-refractivity contribution in [1.82, 2.24) is 9.19 Å². The highest BCUT2D eigenvalue weighted by molar-refractivity contribution is 7.90. The first-order valence-electron chi connectivity index (χ1n) is 9.83. The molecule has 1 aliphatic carbocycles. The summed E-state index contributed by atoms with van der Waals surface area (Å²) in [6, 6.07) is 9.22. The Bertz CT molecular complexity index is 1280. The van der Waals surface area contributed by atoms with Crippen molar-refractivity contribution in [2.24, 2.45) is 5.41 Å². The number of hydrogen-bond acceptors (Lipinski definition) is 4. The van der Waals surface area contributed by atoms with Gasteiger partial charge in [0, 0.05) is 24.4 Å². The second-order valence-electron chi connectivity index (χ2n) is 8.43. The van der Waals surface area contributed by atoms with Gasteiger partial charge in [-0.25, -0.2) is 13.2 Å². The summed E-state index contributed by atoms with van der Waals surface area (Å²) in [4.78, 5) is 1.57. The summed E-state index contributed by atoms with van der Waals surface area (Å²) in [7, 11) is -4.20. The van der Waals surface area contributed by atoms with Crippen molar-refractivity contribution in [3.8, 4) is 0 Å². The van der Waals surface area contributed by atoms with Crippen molar-refractivity contribution >= 4 is 38.3 Å². The maximum absolute atomic E-state index is 14.6. The van der Waals surface area contributed by atoms with Gasteiger partial charge in [0.2, 0.25) is 0 Å². The van der Waals surface area contributed by atoms with E-state index in [0.717, 1.165) is 48.1 Å². The van der Waals surface area contributed by atoms with Gasteiger partial charge in [0.25, 0.3) is 15.9 Å². The van der Waals surface area contributed by atoms with Gasteiger partial charge in [-0.1, -0.05) is 29.8 Å². The first-order valence-corrected chi connectivity index (χ1v) is 11.6. The first kappa shape index (κ1) is 20.6. The minimum absolute atomic E-state index is 0.123. The second kappa shape index (κ2) is 6.62. The number of alkyl halides is 3. The van der Waals surface area contributed by atoms with Crippen LogP contribution in [0.5, 0.6) is 0 Å². The molecule has 10 heteroatoms. The van der Waals surface area contributed by atoms with Gasteiger partial charge in [-0.2, -0.15) is 12.5 Å². The summed E-state index contributed by atoms with van der Waals surface area (Å²) in [5.74, 6) is -2.77. The predicted molar refractivity (Wildman–Crippen MR) is 112 cm³/mol. The number of rotatable bonds is 4. The van der Waals surface area contributed by atoms with E-state index < -0.39 is 22.1 Å². The predicted octanol–water partition coefficient (Wildman–Crippen LogP) is 4.98. The van der Waals surface area contributed by atoms with Crippen LogP contribution in [-0.4, -0.2) is 36.9 Å². The van der Waals surface area contributed by atoms with Crippen molar-refractivity contribution in [1.29, 1.82) is 0 Å². The molecule has 0 amide bonds. The summed E-state index contributed by atoms with van der Waals surface area (Å²) in [6.45, 7) is 1.32. The lowest BCUT2D eigenvalue weighted by Crippen LogP contribution is -2.22. The molecule has 1 aliphatic heterocycles. The molecular weight excluding hydrogens is 451 g/mol. The Kier molecular flexibility index (Phi) is 4.41. The second-order valence-corrected chi connectivity index (χ2v) is 10.6. The number of halogens is 4. The van der Waals surface area contributed by atoms with E-state index in [0.29, 0.717) is 22.8 Å². The van der Waals surface area contributed by atoms with Gasteiger partial charge in [-0.15, -0.1) is 5.10 Å². The van der Waals surface area contributed by atoms with Crippen LogP contribution in [0.15, 0.2) is 47.4 Å². The molecule has 1 saturated heterocycles. The summed E-state index contributed by atoms with van der Waals surface area (Å²) in [5, 5.41) is 5.07. The van der Waals surface area contributed by atoms with Gasteiger partial charge >= 0.3 is 0 Å². The van der Waals surface area contributed by atoms with E-state index in [4.69, 9.17) is 11.6 Å². The van der Waals surface area contributed by atoms with E-state index in [1.54, 1.807) is 23.1 Å². The minimum Gasteiger partial charge on any atom is -0.351 e. The van der Waals surface area contributed by atoms with Crippen molar-refractivity contribution in [3.63, 3.8) is 0 Å². The number of hydrogen-bond donors (Lipinski definition) is 0. The molecule has 2 heterocycles. The third-order valence-electron chi connectivity index (χ3n) is 6.24. The molecule has 0 bridgehead atoms. The molecule has 0 radical (unpaired) electrons. The Morgan fingerprint density at radius 2 is 1.84 bits per heavy atom. The molecule has 0 N–H and O–H groups in total. The third kappa shape index (κ3) is 3.20. The Balaban J connectivity index is 1.63. The molecule has 5 nitrogen and oxygen atoms in total. The molecule has 2 aliphatic rings. The zero-order valence-corrected chi connectivity index (χ0v) is 18.1. The Hall–Kier alpha value is -2.26. The Morgan fingerprint density at radius 1 is 1.16 bits per heavy atom. The van der Waals surface area contributed by atoms with Crippen LogP contribution in [0.4, 0.5) is 19.0 Å². The maximum atomic E-state index is 14.6. The van der Waals surface area contributed by atoms with E-state index >= 15 is 0 Å². The number of fused-ring (bicyclic) bond motifs is 1. The van der Waals surface area contributed by atoms with Gasteiger partial charge < -0.3 is 4.90 Å². The van der Waals surface area contributed by atoms with Crippen LogP contribution in [0.25, 0.3) is 10.9 Å². The van der Waals surface area contributed by atoms with Crippen LogP contribution in [0.2, 0.25) is 5.02 Å². The molecule has 1 aromatic heterocycles. The quantitative estimate of drug-likeness (QED) is 0.541. The maximum Gasteiger partial charge on any atom is 0.283 e. The largest absolute Gasteiger partial charge is 0.351 e. The number of aromatic nitrogens is 2. The van der Waals surface area contributed by atoms with Gasteiger partial charge in [0.15, 0.2) is 5.82 Å². The number of benzene rings is 2. The van der Waals surface area contributed by atoms with Crippen molar-refractivity contribution in [2.45, 2.75) is 36.8 Å².